The van der Waals surface area contributed by atoms with Crippen LogP contribution in [0.25, 0.3) is 10.2 Å². The first-order chi connectivity index (χ1) is 14.7. The van der Waals surface area contributed by atoms with Gasteiger partial charge in [0.25, 0.3) is 5.91 Å². The molecule has 1 aromatic carbocycles. The van der Waals surface area contributed by atoms with Crippen molar-refractivity contribution in [3.05, 3.63) is 45.5 Å². The van der Waals surface area contributed by atoms with Crippen molar-refractivity contribution in [2.75, 3.05) is 20.0 Å². The molecular weight excluding hydrogens is 431 g/mol. The molecule has 0 fully saturated rings. The van der Waals surface area contributed by atoms with Gasteiger partial charge in [0.05, 0.1) is 25.5 Å². The standard InChI is InChI=1S/C21H20F3N3O3S/c1-29-13-7-6-10(8-14(13)30-2)9-26-19(28)18-17(25)15-16(21(22,23)24)11-4-3-5-12(11)27-20(15)31-18/h6-8H,3-5,9,25H2,1-2H3,(H,26,28). The van der Waals surface area contributed by atoms with Crippen molar-refractivity contribution in [3.63, 3.8) is 0 Å². The molecule has 6 nitrogen and oxygen atoms in total. The third kappa shape index (κ3) is 3.76. The predicted molar refractivity (Wildman–Crippen MR) is 112 cm³/mol. The molecule has 0 unspecified atom stereocenters. The van der Waals surface area contributed by atoms with Crippen molar-refractivity contribution in [1.82, 2.24) is 10.3 Å². The van der Waals surface area contributed by atoms with E-state index in [-0.39, 0.29) is 32.9 Å². The number of pyridine rings is 1. The van der Waals surface area contributed by atoms with Gasteiger partial charge >= 0.3 is 6.18 Å². The van der Waals surface area contributed by atoms with Crippen LogP contribution in [0.15, 0.2) is 18.2 Å². The minimum absolute atomic E-state index is 0.0251. The van der Waals surface area contributed by atoms with Crippen LogP contribution in [0, 0.1) is 0 Å². The molecule has 164 valence electrons. The highest BCUT2D eigenvalue weighted by Crippen LogP contribution is 2.46. The van der Waals surface area contributed by atoms with E-state index >= 15 is 0 Å². The van der Waals surface area contributed by atoms with E-state index < -0.39 is 17.6 Å². The highest BCUT2D eigenvalue weighted by Gasteiger charge is 2.40. The van der Waals surface area contributed by atoms with Crippen LogP contribution < -0.4 is 20.5 Å². The number of anilines is 1. The summed E-state index contributed by atoms with van der Waals surface area (Å²) in [6.07, 6.45) is -3.14. The van der Waals surface area contributed by atoms with Crippen molar-refractivity contribution >= 4 is 33.1 Å². The van der Waals surface area contributed by atoms with Gasteiger partial charge in [-0.05, 0) is 42.5 Å². The van der Waals surface area contributed by atoms with Crippen molar-refractivity contribution in [1.29, 1.82) is 0 Å². The number of alkyl halides is 3. The highest BCUT2D eigenvalue weighted by molar-refractivity contribution is 7.21. The van der Waals surface area contributed by atoms with Crippen molar-refractivity contribution in [2.45, 2.75) is 32.0 Å². The molecule has 0 aliphatic heterocycles. The lowest BCUT2D eigenvalue weighted by Crippen LogP contribution is -2.22. The molecule has 0 saturated carbocycles. The number of benzene rings is 1. The molecule has 0 bridgehead atoms. The number of hydrogen-bond donors (Lipinski definition) is 2. The molecule has 10 heteroatoms. The van der Waals surface area contributed by atoms with Crippen LogP contribution in [-0.4, -0.2) is 25.1 Å². The number of rotatable bonds is 5. The summed E-state index contributed by atoms with van der Waals surface area (Å²) >= 11 is 0.884. The van der Waals surface area contributed by atoms with E-state index in [2.05, 4.69) is 10.3 Å². The second-order valence-electron chi connectivity index (χ2n) is 7.16. The summed E-state index contributed by atoms with van der Waals surface area (Å²) < 4.78 is 52.0. The van der Waals surface area contributed by atoms with Gasteiger partial charge in [-0.1, -0.05) is 6.07 Å². The third-order valence-corrected chi connectivity index (χ3v) is 6.39. The lowest BCUT2D eigenvalue weighted by molar-refractivity contribution is -0.136. The van der Waals surface area contributed by atoms with E-state index in [1.165, 1.54) is 14.2 Å². The summed E-state index contributed by atoms with van der Waals surface area (Å²) in [5.74, 6) is 0.498. The number of nitrogens with two attached hydrogens (primary N) is 1. The topological polar surface area (TPSA) is 86.5 Å². The van der Waals surface area contributed by atoms with Gasteiger partial charge in [0.15, 0.2) is 11.5 Å². The molecule has 3 aromatic rings. The number of carbonyl (C=O) groups excluding carboxylic acids is 1. The van der Waals surface area contributed by atoms with E-state index in [0.29, 0.717) is 36.5 Å². The molecule has 4 rings (SSSR count). The number of thiophene rings is 1. The van der Waals surface area contributed by atoms with Gasteiger partial charge in [0, 0.05) is 17.6 Å². The van der Waals surface area contributed by atoms with Gasteiger partial charge in [0.1, 0.15) is 9.71 Å². The fraction of sp³-hybridized carbons (Fsp3) is 0.333. The summed E-state index contributed by atoms with van der Waals surface area (Å²) in [6, 6.07) is 5.17. The van der Waals surface area contributed by atoms with Crippen LogP contribution in [0.3, 0.4) is 0 Å². The maximum absolute atomic E-state index is 13.9. The molecule has 31 heavy (non-hydrogen) atoms. The number of hydrogen-bond acceptors (Lipinski definition) is 6. The molecule has 0 saturated heterocycles. The number of carbonyl (C=O) groups is 1. The van der Waals surface area contributed by atoms with Gasteiger partial charge in [0.2, 0.25) is 0 Å². The summed E-state index contributed by atoms with van der Waals surface area (Å²) in [5, 5.41) is 2.54. The average Bonchev–Trinajstić information content (AvgIpc) is 3.33. The first kappa shape index (κ1) is 21.2. The molecule has 1 aliphatic carbocycles. The number of nitrogens with zero attached hydrogens (tertiary/aromatic N) is 1. The molecule has 1 amide bonds. The number of ether oxygens (including phenoxy) is 2. The smallest absolute Gasteiger partial charge is 0.417 e. The molecule has 0 atom stereocenters. The minimum Gasteiger partial charge on any atom is -0.493 e. The first-order valence-electron chi connectivity index (χ1n) is 9.54. The van der Waals surface area contributed by atoms with Crippen LogP contribution >= 0.6 is 11.3 Å². The maximum Gasteiger partial charge on any atom is 0.417 e. The van der Waals surface area contributed by atoms with Crippen molar-refractivity contribution in [3.8, 4) is 11.5 Å². The summed E-state index contributed by atoms with van der Waals surface area (Å²) in [7, 11) is 3.02. The average molecular weight is 451 g/mol. The van der Waals surface area contributed by atoms with Crippen LogP contribution in [-0.2, 0) is 25.6 Å². The molecule has 2 aromatic heterocycles. The Labute approximate surface area is 180 Å². The molecule has 0 radical (unpaired) electrons. The Balaban J connectivity index is 1.66. The van der Waals surface area contributed by atoms with E-state index in [9.17, 15) is 18.0 Å². The Morgan fingerprint density at radius 2 is 1.97 bits per heavy atom. The van der Waals surface area contributed by atoms with Crippen LogP contribution in [0.5, 0.6) is 11.5 Å². The number of aromatic nitrogens is 1. The number of halogens is 3. The zero-order chi connectivity index (χ0) is 22.3. The number of fused-ring (bicyclic) bond motifs is 2. The Bertz CT molecular complexity index is 1170. The number of methoxy groups -OCH3 is 2. The quantitative estimate of drug-likeness (QED) is 0.603. The summed E-state index contributed by atoms with van der Waals surface area (Å²) in [4.78, 5) is 17.3. The fourth-order valence-electron chi connectivity index (χ4n) is 3.88. The minimum atomic E-state index is -4.57. The highest BCUT2D eigenvalue weighted by atomic mass is 32.1. The van der Waals surface area contributed by atoms with E-state index in [4.69, 9.17) is 15.2 Å². The molecule has 3 N–H and O–H groups in total. The van der Waals surface area contributed by atoms with Gasteiger partial charge in [-0.25, -0.2) is 4.98 Å². The monoisotopic (exact) mass is 451 g/mol. The summed E-state index contributed by atoms with van der Waals surface area (Å²) in [6.45, 7) is 0.142. The van der Waals surface area contributed by atoms with E-state index in [1.807, 2.05) is 0 Å². The van der Waals surface area contributed by atoms with E-state index in [0.717, 1.165) is 16.9 Å². The van der Waals surface area contributed by atoms with E-state index in [1.54, 1.807) is 18.2 Å². The number of amides is 1. The maximum atomic E-state index is 13.9. The Kier molecular flexibility index (Phi) is 5.42. The summed E-state index contributed by atoms with van der Waals surface area (Å²) in [5.41, 5.74) is 6.50. The molecule has 0 spiro atoms. The van der Waals surface area contributed by atoms with Gasteiger partial charge in [-0.3, -0.25) is 4.79 Å². The second kappa shape index (κ2) is 7.92. The molecule has 2 heterocycles. The Morgan fingerprint density at radius 1 is 1.23 bits per heavy atom. The lowest BCUT2D eigenvalue weighted by Gasteiger charge is -2.14. The van der Waals surface area contributed by atoms with Crippen LogP contribution in [0.2, 0.25) is 0 Å². The Hall–Kier alpha value is -3.01. The van der Waals surface area contributed by atoms with Gasteiger partial charge in [-0.15, -0.1) is 11.3 Å². The number of nitrogen functional groups attached to an aromatic ring is 1. The van der Waals surface area contributed by atoms with Crippen LogP contribution in [0.1, 0.15) is 38.5 Å². The number of aryl methyl sites for hydroxylation is 1. The van der Waals surface area contributed by atoms with Gasteiger partial charge < -0.3 is 20.5 Å². The zero-order valence-corrected chi connectivity index (χ0v) is 17.7. The zero-order valence-electron chi connectivity index (χ0n) is 16.9. The normalized spacial score (nSPS) is 13.3. The Morgan fingerprint density at radius 3 is 2.65 bits per heavy atom. The number of nitrogens with one attached hydrogen (secondary N) is 1. The second-order valence-corrected chi connectivity index (χ2v) is 8.16. The largest absolute Gasteiger partial charge is 0.493 e. The molecular formula is C21H20F3N3O3S. The molecule has 1 aliphatic rings. The SMILES string of the molecule is COc1ccc(CNC(=O)c2sc3nc4c(c(C(F)(F)F)c3c2N)CCC4)cc1OC. The van der Waals surface area contributed by atoms with Gasteiger partial charge in [-0.2, -0.15) is 13.2 Å². The van der Waals surface area contributed by atoms with Crippen LogP contribution in [0.4, 0.5) is 18.9 Å². The third-order valence-electron chi connectivity index (χ3n) is 5.29. The van der Waals surface area contributed by atoms with Crippen molar-refractivity contribution < 1.29 is 27.4 Å². The van der Waals surface area contributed by atoms with Crippen molar-refractivity contribution in [2.24, 2.45) is 0 Å². The lowest BCUT2D eigenvalue weighted by atomic mass is 10.0. The first-order valence-corrected chi connectivity index (χ1v) is 10.4. The predicted octanol–water partition coefficient (Wildman–Crippen LogP) is 4.33. The fourth-order valence-corrected chi connectivity index (χ4v) is 4.92.